The first kappa shape index (κ1) is 26.9. The fourth-order valence-electron chi connectivity index (χ4n) is 3.39. The number of carbonyl (C=O) groups excluding carboxylic acids is 2. The molecule has 0 saturated carbocycles. The summed E-state index contributed by atoms with van der Waals surface area (Å²) in [5.74, 6) is -0.479. The number of thioether (sulfide) groups is 2. The molecule has 2 aromatic rings. The molecule has 19 heteroatoms. The van der Waals surface area contributed by atoms with Crippen molar-refractivity contribution in [3.63, 3.8) is 0 Å². The number of β-lactam (4-membered cyclic amide) rings is 1. The number of aromatic amines is 1. The zero-order chi connectivity index (χ0) is 27.6. The van der Waals surface area contributed by atoms with Crippen LogP contribution in [0.5, 0.6) is 0 Å². The zero-order valence-electron chi connectivity index (χ0n) is 19.2. The Hall–Kier alpha value is -4.15. The second-order valence-corrected chi connectivity index (χ2v) is 10.3. The van der Waals surface area contributed by atoms with Gasteiger partial charge in [0.05, 0.1) is 0 Å². The summed E-state index contributed by atoms with van der Waals surface area (Å²) >= 11 is 3.08. The molecule has 0 radical (unpaired) electrons. The zero-order valence-corrected chi connectivity index (χ0v) is 21.7. The number of aryl methyl sites for hydroxylation is 1. The van der Waals surface area contributed by atoms with Gasteiger partial charge in [-0.25, -0.2) is 4.79 Å². The van der Waals surface area contributed by atoms with Crippen LogP contribution in [0.15, 0.2) is 31.2 Å². The Labute approximate surface area is 224 Å². The summed E-state index contributed by atoms with van der Waals surface area (Å²) < 4.78 is 5.16. The molecule has 1 saturated heterocycles. The van der Waals surface area contributed by atoms with Gasteiger partial charge < -0.3 is 21.0 Å². The van der Waals surface area contributed by atoms with E-state index in [-0.39, 0.29) is 45.6 Å². The minimum absolute atomic E-state index is 0.0740. The summed E-state index contributed by atoms with van der Waals surface area (Å²) in [6, 6.07) is -1.06. The van der Waals surface area contributed by atoms with Crippen LogP contribution in [0, 0.1) is 12.3 Å². The average Bonchev–Trinajstić information content (AvgIpc) is 3.31. The molecule has 5 N–H and O–H groups in total. The maximum atomic E-state index is 13.0. The second kappa shape index (κ2) is 11.1. The van der Waals surface area contributed by atoms with E-state index in [1.807, 2.05) is 0 Å². The van der Waals surface area contributed by atoms with Gasteiger partial charge in [0.1, 0.15) is 17.1 Å². The molecular formula is C19H17N9O7S3. The highest BCUT2D eigenvalue weighted by molar-refractivity contribution is 8.01. The quantitative estimate of drug-likeness (QED) is 0.0470. The van der Waals surface area contributed by atoms with E-state index < -0.39 is 40.3 Å². The fraction of sp³-hybridized carbons (Fsp3) is 0.316. The van der Waals surface area contributed by atoms with Gasteiger partial charge in [-0.15, -0.1) is 18.2 Å². The Balaban J connectivity index is 1.51. The van der Waals surface area contributed by atoms with Crippen LogP contribution in [0.4, 0.5) is 5.13 Å². The Kier molecular flexibility index (Phi) is 7.84. The summed E-state index contributed by atoms with van der Waals surface area (Å²) in [4.78, 5) is 74.5. The lowest BCUT2D eigenvalue weighted by atomic mass is 10.0. The minimum Gasteiger partial charge on any atom is -0.477 e. The standard InChI is InChI=1S/C19H17N9O7S3/c1-3-4-35-25-8(11-22-18(20)38-26-11)12(29)21-9-15(32)28-10(17(33)34)7(5-36-16(9)28)6-37-19-23-13(30)14(31)24-27(19)2/h1,9,16H,4-6H2,2H3,(H,21,29)(H,24,31)(H,33,34)(H2,20,22,26)/t9?,16-/m1/s1. The van der Waals surface area contributed by atoms with Crippen LogP contribution in [0.2, 0.25) is 0 Å². The number of nitrogen functional groups attached to an aromatic ring is 1. The first-order valence-electron chi connectivity index (χ1n) is 10.4. The fourth-order valence-corrected chi connectivity index (χ4v) is 6.23. The number of nitrogens with two attached hydrogens (primary N) is 1. The SMILES string of the molecule is C#CCON=C(C(=O)NC1C(=O)N2C(C(=O)O)=C(CSc3nc(=O)c(=O)[nH]n3C)CS[C@H]12)c1nsc(N)n1. The van der Waals surface area contributed by atoms with Crippen LogP contribution in [0.3, 0.4) is 0 Å². The Morgan fingerprint density at radius 2 is 2.16 bits per heavy atom. The van der Waals surface area contributed by atoms with Gasteiger partial charge in [0.2, 0.25) is 11.5 Å². The number of H-pyrrole nitrogens is 1. The van der Waals surface area contributed by atoms with Crippen LogP contribution in [0.25, 0.3) is 0 Å². The molecule has 1 unspecified atom stereocenters. The van der Waals surface area contributed by atoms with Gasteiger partial charge in [-0.3, -0.25) is 33.9 Å². The number of amides is 2. The molecule has 4 rings (SSSR count). The van der Waals surface area contributed by atoms with Gasteiger partial charge in [0, 0.05) is 30.1 Å². The number of fused-ring (bicyclic) bond motifs is 1. The Morgan fingerprint density at radius 3 is 2.82 bits per heavy atom. The van der Waals surface area contributed by atoms with Gasteiger partial charge in [-0.1, -0.05) is 22.8 Å². The van der Waals surface area contributed by atoms with E-state index in [9.17, 15) is 29.1 Å². The van der Waals surface area contributed by atoms with Crippen molar-refractivity contribution in [1.82, 2.24) is 34.3 Å². The number of nitrogens with zero attached hydrogens (tertiary/aromatic N) is 6. The molecule has 2 atom stereocenters. The molecule has 2 amide bonds. The smallest absolute Gasteiger partial charge is 0.352 e. The van der Waals surface area contributed by atoms with E-state index >= 15 is 0 Å². The van der Waals surface area contributed by atoms with Crippen LogP contribution in [-0.2, 0) is 26.3 Å². The van der Waals surface area contributed by atoms with Gasteiger partial charge in [-0.2, -0.15) is 14.3 Å². The third-order valence-electron chi connectivity index (χ3n) is 5.03. The van der Waals surface area contributed by atoms with E-state index in [2.05, 4.69) is 35.8 Å². The third-order valence-corrected chi connectivity index (χ3v) is 8.03. The van der Waals surface area contributed by atoms with Gasteiger partial charge in [-0.05, 0) is 5.57 Å². The minimum atomic E-state index is -1.33. The number of hydrogen-bond acceptors (Lipinski definition) is 14. The number of carboxylic acid groups (broad SMARTS) is 1. The van der Waals surface area contributed by atoms with Crippen LogP contribution in [-0.4, -0.2) is 87.2 Å². The van der Waals surface area contributed by atoms with Crippen molar-refractivity contribution in [1.29, 1.82) is 0 Å². The van der Waals surface area contributed by atoms with Crippen molar-refractivity contribution >= 4 is 63.7 Å². The lowest BCUT2D eigenvalue weighted by Crippen LogP contribution is -2.71. The number of rotatable bonds is 9. The maximum Gasteiger partial charge on any atom is 0.352 e. The molecule has 16 nitrogen and oxygen atoms in total. The molecule has 2 aliphatic rings. The van der Waals surface area contributed by atoms with Crippen molar-refractivity contribution in [2.45, 2.75) is 16.6 Å². The number of nitrogens with one attached hydrogen (secondary N) is 2. The monoisotopic (exact) mass is 579 g/mol. The number of hydrogen-bond donors (Lipinski definition) is 4. The van der Waals surface area contributed by atoms with Crippen LogP contribution >= 0.6 is 35.1 Å². The predicted molar refractivity (Wildman–Crippen MR) is 136 cm³/mol. The number of terminal acetylenes is 1. The molecule has 0 spiro atoms. The topological polar surface area (TPSA) is 228 Å². The molecule has 2 aliphatic heterocycles. The molecule has 0 bridgehead atoms. The summed E-state index contributed by atoms with van der Waals surface area (Å²) in [7, 11) is 1.48. The third kappa shape index (κ3) is 5.27. The first-order chi connectivity index (χ1) is 18.1. The number of carbonyl (C=O) groups is 3. The van der Waals surface area contributed by atoms with E-state index in [4.69, 9.17) is 17.0 Å². The average molecular weight is 580 g/mol. The number of aromatic nitrogens is 5. The van der Waals surface area contributed by atoms with E-state index in [0.29, 0.717) is 5.57 Å². The highest BCUT2D eigenvalue weighted by Gasteiger charge is 2.54. The van der Waals surface area contributed by atoms with Crippen molar-refractivity contribution in [2.24, 2.45) is 12.2 Å². The predicted octanol–water partition coefficient (Wildman–Crippen LogP) is -2.21. The van der Waals surface area contributed by atoms with Gasteiger partial charge in [0.15, 0.2) is 16.9 Å². The number of oxime groups is 1. The van der Waals surface area contributed by atoms with Gasteiger partial charge in [0.25, 0.3) is 11.8 Å². The maximum absolute atomic E-state index is 13.0. The highest BCUT2D eigenvalue weighted by atomic mass is 32.2. The van der Waals surface area contributed by atoms with E-state index in [1.165, 1.54) is 23.5 Å². The lowest BCUT2D eigenvalue weighted by molar-refractivity contribution is -0.150. The van der Waals surface area contributed by atoms with Crippen LogP contribution in [0.1, 0.15) is 5.82 Å². The molecule has 0 aromatic carbocycles. The van der Waals surface area contributed by atoms with Crippen molar-refractivity contribution in [3.05, 3.63) is 37.8 Å². The van der Waals surface area contributed by atoms with Crippen molar-refractivity contribution < 1.29 is 24.3 Å². The molecule has 198 valence electrons. The lowest BCUT2D eigenvalue weighted by Gasteiger charge is -2.49. The van der Waals surface area contributed by atoms with Gasteiger partial charge >= 0.3 is 17.1 Å². The van der Waals surface area contributed by atoms with Crippen molar-refractivity contribution in [2.75, 3.05) is 23.8 Å². The normalized spacial score (nSPS) is 18.9. The largest absolute Gasteiger partial charge is 0.477 e. The summed E-state index contributed by atoms with van der Waals surface area (Å²) in [6.45, 7) is -0.235. The molecule has 2 aromatic heterocycles. The van der Waals surface area contributed by atoms with E-state index in [1.54, 1.807) is 0 Å². The summed E-state index contributed by atoms with van der Waals surface area (Å²) in [6.07, 6.45) is 5.13. The molecule has 4 heterocycles. The molecule has 0 aliphatic carbocycles. The Bertz CT molecular complexity index is 1540. The van der Waals surface area contributed by atoms with Crippen molar-refractivity contribution in [3.8, 4) is 12.3 Å². The Morgan fingerprint density at radius 1 is 1.39 bits per heavy atom. The van der Waals surface area contributed by atoms with Crippen LogP contribution < -0.4 is 22.2 Å². The molecule has 1 fully saturated rings. The number of carboxylic acids is 1. The first-order valence-corrected chi connectivity index (χ1v) is 13.2. The molecular weight excluding hydrogens is 562 g/mol. The summed E-state index contributed by atoms with van der Waals surface area (Å²) in [5, 5.41) is 17.9. The highest BCUT2D eigenvalue weighted by Crippen LogP contribution is 2.41. The number of aliphatic carboxylic acids is 1. The van der Waals surface area contributed by atoms with E-state index in [0.717, 1.165) is 28.2 Å². The number of anilines is 1. The molecule has 38 heavy (non-hydrogen) atoms. The summed E-state index contributed by atoms with van der Waals surface area (Å²) in [5.41, 5.74) is 3.53. The second-order valence-electron chi connectivity index (χ2n) is 7.48.